The number of halogens is 1. The number of benzene rings is 4. The van der Waals surface area contributed by atoms with E-state index >= 15 is 0 Å². The van der Waals surface area contributed by atoms with Gasteiger partial charge in [0, 0.05) is 29.4 Å². The van der Waals surface area contributed by atoms with E-state index in [2.05, 4.69) is 21.2 Å². The molecule has 2 amide bonds. The summed E-state index contributed by atoms with van der Waals surface area (Å²) in [6.45, 7) is 2.23. The summed E-state index contributed by atoms with van der Waals surface area (Å²) in [4.78, 5) is 29.5. The van der Waals surface area contributed by atoms with Gasteiger partial charge in [-0.2, -0.15) is 0 Å². The first-order chi connectivity index (χ1) is 20.2. The van der Waals surface area contributed by atoms with E-state index in [-0.39, 0.29) is 18.9 Å². The highest BCUT2D eigenvalue weighted by atomic mass is 79.9. The van der Waals surface area contributed by atoms with Gasteiger partial charge in [0.1, 0.15) is 12.6 Å². The average Bonchev–Trinajstić information content (AvgIpc) is 2.98. The van der Waals surface area contributed by atoms with Crippen LogP contribution in [0, 0.1) is 0 Å². The molecule has 0 aliphatic heterocycles. The van der Waals surface area contributed by atoms with Crippen molar-refractivity contribution in [1.29, 1.82) is 0 Å². The molecule has 4 aromatic carbocycles. The number of rotatable bonds is 13. The molecule has 0 heterocycles. The van der Waals surface area contributed by atoms with Crippen LogP contribution in [0.3, 0.4) is 0 Å². The number of sulfonamides is 1. The van der Waals surface area contributed by atoms with E-state index in [9.17, 15) is 18.0 Å². The number of nitrogens with zero attached hydrogens (tertiary/aromatic N) is 2. The third kappa shape index (κ3) is 8.20. The van der Waals surface area contributed by atoms with Gasteiger partial charge in [0.15, 0.2) is 0 Å². The molecule has 0 aliphatic rings. The topological polar surface area (TPSA) is 86.8 Å². The number of carbonyl (C=O) groups is 2. The van der Waals surface area contributed by atoms with Crippen molar-refractivity contribution in [2.45, 2.75) is 38.8 Å². The molecule has 0 bridgehead atoms. The molecule has 0 spiro atoms. The van der Waals surface area contributed by atoms with Crippen molar-refractivity contribution in [3.8, 4) is 0 Å². The minimum atomic E-state index is -3.86. The Morgan fingerprint density at radius 3 is 2.21 bits per heavy atom. The van der Waals surface area contributed by atoms with Gasteiger partial charge < -0.3 is 10.2 Å². The van der Waals surface area contributed by atoms with Gasteiger partial charge in [0.25, 0.3) is 0 Å². The van der Waals surface area contributed by atoms with Crippen molar-refractivity contribution in [2.24, 2.45) is 0 Å². The van der Waals surface area contributed by atoms with Crippen molar-refractivity contribution in [2.75, 3.05) is 23.7 Å². The fourth-order valence-electron chi connectivity index (χ4n) is 4.87. The Bertz CT molecular complexity index is 1610. The molecule has 0 aliphatic carbocycles. The Kier molecular flexibility index (Phi) is 10.8. The van der Waals surface area contributed by atoms with E-state index in [0.717, 1.165) is 49.8 Å². The van der Waals surface area contributed by atoms with Crippen molar-refractivity contribution < 1.29 is 18.0 Å². The summed E-state index contributed by atoms with van der Waals surface area (Å²) in [5.41, 5.74) is 2.14. The van der Waals surface area contributed by atoms with E-state index < -0.39 is 28.5 Å². The summed E-state index contributed by atoms with van der Waals surface area (Å²) in [5, 5.41) is 4.58. The van der Waals surface area contributed by atoms with Crippen molar-refractivity contribution in [3.63, 3.8) is 0 Å². The first kappa shape index (κ1) is 31.3. The monoisotopic (exact) mass is 649 g/mol. The molecule has 220 valence electrons. The number of nitrogens with one attached hydrogen (secondary N) is 1. The Morgan fingerprint density at radius 1 is 0.857 bits per heavy atom. The predicted molar refractivity (Wildman–Crippen MR) is 173 cm³/mol. The van der Waals surface area contributed by atoms with Gasteiger partial charge in [-0.1, -0.05) is 108 Å². The molecule has 4 aromatic rings. The summed E-state index contributed by atoms with van der Waals surface area (Å²) in [7, 11) is -3.86. The van der Waals surface area contributed by atoms with Gasteiger partial charge in [-0.15, -0.1) is 0 Å². The number of carbonyl (C=O) groups excluding carboxylic acids is 2. The van der Waals surface area contributed by atoms with E-state index in [1.165, 1.54) is 4.90 Å². The molecule has 9 heteroatoms. The lowest BCUT2D eigenvalue weighted by atomic mass is 10.0. The van der Waals surface area contributed by atoms with E-state index in [1.807, 2.05) is 91.9 Å². The minimum Gasteiger partial charge on any atom is -0.354 e. The Balaban J connectivity index is 1.76. The number of unbranched alkanes of at least 4 members (excludes halogenated alkanes) is 1. The van der Waals surface area contributed by atoms with Crippen LogP contribution >= 0.6 is 15.9 Å². The normalized spacial score (nSPS) is 12.1. The molecule has 0 fully saturated rings. The molecule has 1 atom stereocenters. The van der Waals surface area contributed by atoms with Gasteiger partial charge in [0.2, 0.25) is 21.8 Å². The number of hydrogen-bond donors (Lipinski definition) is 1. The molecule has 1 N–H and O–H groups in total. The fraction of sp³-hybridized carbons (Fsp3) is 0.273. The molecular formula is C33H36BrN3O4S. The van der Waals surface area contributed by atoms with Crippen molar-refractivity contribution in [1.82, 2.24) is 10.2 Å². The number of amides is 2. The summed E-state index contributed by atoms with van der Waals surface area (Å²) in [5.74, 6) is -0.739. The molecule has 42 heavy (non-hydrogen) atoms. The lowest BCUT2D eigenvalue weighted by molar-refractivity contribution is -0.140. The Hall–Kier alpha value is -3.69. The maximum absolute atomic E-state index is 14.3. The van der Waals surface area contributed by atoms with Crippen LogP contribution in [0.1, 0.15) is 30.9 Å². The third-order valence-electron chi connectivity index (χ3n) is 7.08. The first-order valence-electron chi connectivity index (χ1n) is 14.0. The van der Waals surface area contributed by atoms with E-state index in [1.54, 1.807) is 12.1 Å². The highest BCUT2D eigenvalue weighted by Gasteiger charge is 2.33. The van der Waals surface area contributed by atoms with Crippen LogP contribution < -0.4 is 9.62 Å². The highest BCUT2D eigenvalue weighted by Crippen LogP contribution is 2.29. The van der Waals surface area contributed by atoms with Gasteiger partial charge >= 0.3 is 0 Å². The second-order valence-electron chi connectivity index (χ2n) is 10.3. The zero-order chi connectivity index (χ0) is 30.1. The highest BCUT2D eigenvalue weighted by molar-refractivity contribution is 9.10. The van der Waals surface area contributed by atoms with Crippen LogP contribution in [-0.4, -0.2) is 50.5 Å². The largest absolute Gasteiger partial charge is 0.354 e. The van der Waals surface area contributed by atoms with Crippen LogP contribution in [0.25, 0.3) is 10.8 Å². The van der Waals surface area contributed by atoms with Gasteiger partial charge in [0.05, 0.1) is 11.9 Å². The van der Waals surface area contributed by atoms with Crippen LogP contribution in [0.2, 0.25) is 0 Å². The van der Waals surface area contributed by atoms with E-state index in [4.69, 9.17) is 0 Å². The Labute approximate surface area is 256 Å². The van der Waals surface area contributed by atoms with Crippen LogP contribution in [0.5, 0.6) is 0 Å². The molecule has 0 saturated heterocycles. The molecule has 7 nitrogen and oxygen atoms in total. The maximum Gasteiger partial charge on any atom is 0.244 e. The van der Waals surface area contributed by atoms with E-state index in [0.29, 0.717) is 12.2 Å². The summed E-state index contributed by atoms with van der Waals surface area (Å²) >= 11 is 3.45. The molecule has 0 radical (unpaired) electrons. The second kappa shape index (κ2) is 14.5. The molecule has 0 saturated carbocycles. The zero-order valence-electron chi connectivity index (χ0n) is 23.9. The first-order valence-corrected chi connectivity index (χ1v) is 16.6. The lowest BCUT2D eigenvalue weighted by Crippen LogP contribution is -2.53. The number of anilines is 1. The SMILES string of the molecule is CCCCNC(=O)C(Cc1ccccc1)N(Cc1ccc(Br)cc1)C(=O)CN(c1cccc2ccccc12)S(C)(=O)=O. The molecular weight excluding hydrogens is 614 g/mol. The Morgan fingerprint density at radius 2 is 1.52 bits per heavy atom. The summed E-state index contributed by atoms with van der Waals surface area (Å²) in [6.07, 6.45) is 3.11. The molecule has 4 rings (SSSR count). The summed E-state index contributed by atoms with van der Waals surface area (Å²) < 4.78 is 28.4. The van der Waals surface area contributed by atoms with Gasteiger partial charge in [-0.3, -0.25) is 13.9 Å². The summed E-state index contributed by atoms with van der Waals surface area (Å²) in [6, 6.07) is 29.1. The third-order valence-corrected chi connectivity index (χ3v) is 8.74. The maximum atomic E-state index is 14.3. The molecule has 0 aromatic heterocycles. The van der Waals surface area contributed by atoms with Gasteiger partial charge in [-0.05, 0) is 41.1 Å². The van der Waals surface area contributed by atoms with Crippen LogP contribution in [-0.2, 0) is 32.6 Å². The van der Waals surface area contributed by atoms with Crippen molar-refractivity contribution >= 4 is 54.2 Å². The number of fused-ring (bicyclic) bond motifs is 1. The van der Waals surface area contributed by atoms with Crippen molar-refractivity contribution in [3.05, 3.63) is 113 Å². The molecule has 1 unspecified atom stereocenters. The van der Waals surface area contributed by atoms with Crippen LogP contribution in [0.15, 0.2) is 102 Å². The number of hydrogen-bond acceptors (Lipinski definition) is 4. The quantitative estimate of drug-likeness (QED) is 0.182. The van der Waals surface area contributed by atoms with Gasteiger partial charge in [-0.25, -0.2) is 8.42 Å². The van der Waals surface area contributed by atoms with Crippen LogP contribution in [0.4, 0.5) is 5.69 Å². The minimum absolute atomic E-state index is 0.137. The smallest absolute Gasteiger partial charge is 0.244 e. The second-order valence-corrected chi connectivity index (χ2v) is 13.1. The average molecular weight is 651 g/mol. The lowest BCUT2D eigenvalue weighted by Gasteiger charge is -2.33. The standard InChI is InChI=1S/C33H36BrN3O4S/c1-3-4-21-35-33(39)31(22-25-11-6-5-7-12-25)36(23-26-17-19-28(34)20-18-26)32(38)24-37(42(2,40)41)30-16-10-14-27-13-8-9-15-29(27)30/h5-20,31H,3-4,21-24H2,1-2H3,(H,35,39). The predicted octanol–water partition coefficient (Wildman–Crippen LogP) is 5.92. The zero-order valence-corrected chi connectivity index (χ0v) is 26.3. The fourth-order valence-corrected chi connectivity index (χ4v) is 5.99.